The van der Waals surface area contributed by atoms with Crippen molar-refractivity contribution in [2.75, 3.05) is 11.9 Å². The number of carbonyl (C=O) groups excluding carboxylic acids is 2. The van der Waals surface area contributed by atoms with Crippen LogP contribution in [0.5, 0.6) is 0 Å². The summed E-state index contributed by atoms with van der Waals surface area (Å²) in [5.41, 5.74) is 9.84. The van der Waals surface area contributed by atoms with Crippen molar-refractivity contribution in [2.24, 2.45) is 5.73 Å². The van der Waals surface area contributed by atoms with Crippen LogP contribution in [0, 0.1) is 0 Å². The summed E-state index contributed by atoms with van der Waals surface area (Å²) in [6.45, 7) is 1.46. The van der Waals surface area contributed by atoms with E-state index in [-0.39, 0.29) is 17.9 Å². The van der Waals surface area contributed by atoms with Gasteiger partial charge in [0.1, 0.15) is 9.88 Å². The van der Waals surface area contributed by atoms with E-state index in [0.29, 0.717) is 22.8 Å². The Labute approximate surface area is 208 Å². The SMILES string of the molecule is NC(=O)C1CCCN1Cc1cccc(NC(=O)c2sc(-c3ccccc3)nc2-c2ccccc2)c1. The number of nitrogens with zero attached hydrogens (tertiary/aromatic N) is 2. The first-order chi connectivity index (χ1) is 17.1. The van der Waals surface area contributed by atoms with Gasteiger partial charge in [0.15, 0.2) is 0 Å². The number of hydrogen-bond acceptors (Lipinski definition) is 5. The van der Waals surface area contributed by atoms with Crippen LogP contribution in [0.2, 0.25) is 0 Å². The monoisotopic (exact) mass is 482 g/mol. The second kappa shape index (κ2) is 10.2. The maximum Gasteiger partial charge on any atom is 0.268 e. The Kier molecular flexibility index (Phi) is 6.70. The Balaban J connectivity index is 1.40. The third kappa shape index (κ3) is 5.16. The van der Waals surface area contributed by atoms with Gasteiger partial charge in [0, 0.05) is 23.4 Å². The number of hydrogen-bond donors (Lipinski definition) is 2. The first-order valence-corrected chi connectivity index (χ1v) is 12.5. The molecular formula is C28H26N4O2S. The summed E-state index contributed by atoms with van der Waals surface area (Å²) in [4.78, 5) is 32.7. The van der Waals surface area contributed by atoms with Crippen molar-refractivity contribution in [3.05, 3.63) is 95.4 Å². The number of amides is 2. The molecule has 3 aromatic carbocycles. The Hall–Kier alpha value is -3.81. The fourth-order valence-corrected chi connectivity index (χ4v) is 5.47. The lowest BCUT2D eigenvalue weighted by molar-refractivity contribution is -0.122. The maximum absolute atomic E-state index is 13.4. The highest BCUT2D eigenvalue weighted by molar-refractivity contribution is 7.17. The highest BCUT2D eigenvalue weighted by Crippen LogP contribution is 2.34. The Morgan fingerprint density at radius 3 is 2.40 bits per heavy atom. The molecule has 5 rings (SSSR count). The molecule has 1 aromatic heterocycles. The van der Waals surface area contributed by atoms with Crippen molar-refractivity contribution < 1.29 is 9.59 Å². The molecule has 1 aliphatic rings. The quantitative estimate of drug-likeness (QED) is 0.380. The molecule has 0 spiro atoms. The van der Waals surface area contributed by atoms with Gasteiger partial charge in [-0.05, 0) is 37.1 Å². The number of benzene rings is 3. The summed E-state index contributed by atoms with van der Waals surface area (Å²) in [6.07, 6.45) is 1.75. The Morgan fingerprint density at radius 2 is 1.69 bits per heavy atom. The van der Waals surface area contributed by atoms with Crippen molar-refractivity contribution in [3.8, 4) is 21.8 Å². The predicted octanol–water partition coefficient (Wildman–Crippen LogP) is 5.18. The van der Waals surface area contributed by atoms with Crippen LogP contribution in [-0.4, -0.2) is 34.3 Å². The molecule has 2 amide bonds. The maximum atomic E-state index is 13.4. The molecule has 176 valence electrons. The van der Waals surface area contributed by atoms with E-state index in [1.165, 1.54) is 11.3 Å². The molecule has 0 bridgehead atoms. The number of likely N-dealkylation sites (tertiary alicyclic amines) is 1. The van der Waals surface area contributed by atoms with Crippen molar-refractivity contribution in [1.29, 1.82) is 0 Å². The molecule has 1 saturated heterocycles. The van der Waals surface area contributed by atoms with E-state index in [1.54, 1.807) is 0 Å². The van der Waals surface area contributed by atoms with Gasteiger partial charge in [-0.25, -0.2) is 4.98 Å². The highest BCUT2D eigenvalue weighted by atomic mass is 32.1. The van der Waals surface area contributed by atoms with Crippen molar-refractivity contribution in [1.82, 2.24) is 9.88 Å². The van der Waals surface area contributed by atoms with Crippen LogP contribution in [0.15, 0.2) is 84.9 Å². The fourth-order valence-electron chi connectivity index (χ4n) is 4.48. The van der Waals surface area contributed by atoms with Crippen molar-refractivity contribution in [2.45, 2.75) is 25.4 Å². The first-order valence-electron chi connectivity index (χ1n) is 11.6. The minimum Gasteiger partial charge on any atom is -0.368 e. The smallest absolute Gasteiger partial charge is 0.268 e. The molecule has 1 atom stereocenters. The minimum atomic E-state index is -0.278. The molecule has 1 fully saturated rings. The van der Waals surface area contributed by atoms with Gasteiger partial charge in [-0.2, -0.15) is 0 Å². The van der Waals surface area contributed by atoms with Crippen molar-refractivity contribution >= 4 is 28.8 Å². The predicted molar refractivity (Wildman–Crippen MR) is 140 cm³/mol. The summed E-state index contributed by atoms with van der Waals surface area (Å²) >= 11 is 1.39. The molecular weight excluding hydrogens is 456 g/mol. The number of primary amides is 1. The molecule has 0 radical (unpaired) electrons. The third-order valence-corrected chi connectivity index (χ3v) is 7.27. The average molecular weight is 483 g/mol. The number of rotatable bonds is 7. The number of carbonyl (C=O) groups is 2. The molecule has 2 heterocycles. The normalized spacial score (nSPS) is 15.7. The summed E-state index contributed by atoms with van der Waals surface area (Å²) in [5, 5.41) is 3.85. The van der Waals surface area contributed by atoms with E-state index in [1.807, 2.05) is 84.9 Å². The van der Waals surface area contributed by atoms with Crippen LogP contribution in [0.25, 0.3) is 21.8 Å². The van der Waals surface area contributed by atoms with Gasteiger partial charge in [-0.1, -0.05) is 72.8 Å². The number of thiazole rings is 1. The van der Waals surface area contributed by atoms with E-state index in [0.717, 1.165) is 41.1 Å². The van der Waals surface area contributed by atoms with Gasteiger partial charge in [0.2, 0.25) is 5.91 Å². The van der Waals surface area contributed by atoms with E-state index in [4.69, 9.17) is 10.7 Å². The van der Waals surface area contributed by atoms with Crippen LogP contribution in [0.4, 0.5) is 5.69 Å². The topological polar surface area (TPSA) is 88.3 Å². The second-order valence-corrected chi connectivity index (χ2v) is 9.61. The zero-order chi connectivity index (χ0) is 24.2. The number of anilines is 1. The lowest BCUT2D eigenvalue weighted by atomic mass is 10.1. The standard InChI is InChI=1S/C28H26N4O2S/c29-26(33)23-15-8-16-32(23)18-19-9-7-14-22(17-19)30-27(34)25-24(20-10-3-1-4-11-20)31-28(35-25)21-12-5-2-6-13-21/h1-7,9-14,17,23H,8,15-16,18H2,(H2,29,33)(H,30,34). The van der Waals surface area contributed by atoms with Gasteiger partial charge < -0.3 is 11.1 Å². The molecule has 3 N–H and O–H groups in total. The molecule has 4 aromatic rings. The van der Waals surface area contributed by atoms with Gasteiger partial charge >= 0.3 is 0 Å². The van der Waals surface area contributed by atoms with Crippen LogP contribution >= 0.6 is 11.3 Å². The lowest BCUT2D eigenvalue weighted by Gasteiger charge is -2.22. The zero-order valence-corrected chi connectivity index (χ0v) is 20.0. The molecule has 7 heteroatoms. The third-order valence-electron chi connectivity index (χ3n) is 6.16. The van der Waals surface area contributed by atoms with Crippen molar-refractivity contribution in [3.63, 3.8) is 0 Å². The van der Waals surface area contributed by atoms with Gasteiger partial charge in [0.05, 0.1) is 11.7 Å². The van der Waals surface area contributed by atoms with Crippen LogP contribution < -0.4 is 11.1 Å². The number of nitrogens with one attached hydrogen (secondary N) is 1. The molecule has 0 aliphatic carbocycles. The van der Waals surface area contributed by atoms with Gasteiger partial charge in [-0.15, -0.1) is 11.3 Å². The van der Waals surface area contributed by atoms with Crippen LogP contribution in [0.3, 0.4) is 0 Å². The lowest BCUT2D eigenvalue weighted by Crippen LogP contribution is -2.39. The van der Waals surface area contributed by atoms with E-state index in [2.05, 4.69) is 10.2 Å². The first kappa shape index (κ1) is 23.0. The summed E-state index contributed by atoms with van der Waals surface area (Å²) in [7, 11) is 0. The van der Waals surface area contributed by atoms with Gasteiger partial charge in [-0.3, -0.25) is 14.5 Å². The minimum absolute atomic E-state index is 0.197. The average Bonchev–Trinajstić information content (AvgIpc) is 3.53. The van der Waals surface area contributed by atoms with Gasteiger partial charge in [0.25, 0.3) is 5.91 Å². The largest absolute Gasteiger partial charge is 0.368 e. The molecule has 35 heavy (non-hydrogen) atoms. The van der Waals surface area contributed by atoms with E-state index in [9.17, 15) is 9.59 Å². The summed E-state index contributed by atoms with van der Waals surface area (Å²) < 4.78 is 0. The summed E-state index contributed by atoms with van der Waals surface area (Å²) in [5.74, 6) is -0.475. The van der Waals surface area contributed by atoms with Crippen LogP contribution in [-0.2, 0) is 11.3 Å². The molecule has 0 saturated carbocycles. The molecule has 1 aliphatic heterocycles. The zero-order valence-electron chi connectivity index (χ0n) is 19.2. The highest BCUT2D eigenvalue weighted by Gasteiger charge is 2.28. The molecule has 1 unspecified atom stereocenters. The second-order valence-electron chi connectivity index (χ2n) is 8.61. The fraction of sp³-hybridized carbons (Fsp3) is 0.179. The Bertz CT molecular complexity index is 1340. The van der Waals surface area contributed by atoms with E-state index >= 15 is 0 Å². The van der Waals surface area contributed by atoms with Crippen LogP contribution in [0.1, 0.15) is 28.1 Å². The number of nitrogens with two attached hydrogens (primary N) is 1. The summed E-state index contributed by atoms with van der Waals surface area (Å²) in [6, 6.07) is 27.2. The number of aromatic nitrogens is 1. The molecule has 6 nitrogen and oxygen atoms in total. The van der Waals surface area contributed by atoms with E-state index < -0.39 is 0 Å². The Morgan fingerprint density at radius 1 is 0.971 bits per heavy atom.